The van der Waals surface area contributed by atoms with Gasteiger partial charge in [0.1, 0.15) is 19.3 Å². The van der Waals surface area contributed by atoms with Crippen LogP contribution in [0, 0.1) is 0 Å². The Labute approximate surface area is 551 Å². The standard InChI is InChI=1S/C79H143N2O7P/c1-7-10-13-16-19-22-25-27-29-31-33-35-37-39-40-42-44-46-48-50-52-54-57-60-63-66-69-72-79(83)88-77(70-67-64-61-58-55-24-21-18-15-12-9-3)76(75-87-89(84,85)86-74-73-81(4,5)6)80-78(82)71-68-65-62-59-56-53-51-49-47-45-43-41-38-36-34-32-30-28-26-23-20-17-14-11-8-2/h10,13,19,22,27-30,33,35,39-40,44,46,67,70,76-77H,7-9,11-12,14-18,20-21,23-26,31-32,34,36-38,41-43,45,47-66,68-69,71-75H2,1-6H3,(H-,80,82,84,85)/p+1/b13-10-,22-19-,29-27-,30-28+,35-33-,40-39-,46-44-,70-67+. The smallest absolute Gasteiger partial charge is 0.456 e. The van der Waals surface area contributed by atoms with Crippen molar-refractivity contribution in [3.05, 3.63) is 97.2 Å². The van der Waals surface area contributed by atoms with Crippen LogP contribution < -0.4 is 5.32 Å². The summed E-state index contributed by atoms with van der Waals surface area (Å²) in [6.07, 6.45) is 92.9. The molecular formula is C79H144N2O7P+. The molecule has 1 amide bonds. The average Bonchev–Trinajstić information content (AvgIpc) is 3.71. The lowest BCUT2D eigenvalue weighted by molar-refractivity contribution is -0.870. The number of likely N-dealkylation sites (N-methyl/N-ethyl adjacent to an activating group) is 1. The normalized spacial score (nSPS) is 14.0. The van der Waals surface area contributed by atoms with E-state index < -0.39 is 20.0 Å². The van der Waals surface area contributed by atoms with Gasteiger partial charge in [-0.1, -0.05) is 317 Å². The Morgan fingerprint density at radius 2 is 0.719 bits per heavy atom. The molecule has 3 unspecified atom stereocenters. The molecule has 0 bridgehead atoms. The van der Waals surface area contributed by atoms with Gasteiger partial charge < -0.3 is 19.4 Å². The van der Waals surface area contributed by atoms with Crippen molar-refractivity contribution in [1.82, 2.24) is 5.32 Å². The molecule has 0 radical (unpaired) electrons. The van der Waals surface area contributed by atoms with Crippen molar-refractivity contribution in [1.29, 1.82) is 0 Å². The minimum absolute atomic E-state index is 0.0363. The first-order valence-electron chi connectivity index (χ1n) is 37.6. The number of hydrogen-bond acceptors (Lipinski definition) is 6. The summed E-state index contributed by atoms with van der Waals surface area (Å²) >= 11 is 0. The zero-order valence-electron chi connectivity index (χ0n) is 59.2. The van der Waals surface area contributed by atoms with Crippen molar-refractivity contribution in [2.75, 3.05) is 40.9 Å². The van der Waals surface area contributed by atoms with Gasteiger partial charge in [0.2, 0.25) is 5.91 Å². The van der Waals surface area contributed by atoms with E-state index in [1.807, 2.05) is 33.3 Å². The monoisotopic (exact) mass is 1260 g/mol. The first-order chi connectivity index (χ1) is 43.4. The average molecular weight is 1270 g/mol. The van der Waals surface area contributed by atoms with Gasteiger partial charge in [0.05, 0.1) is 33.8 Å². The van der Waals surface area contributed by atoms with Crippen molar-refractivity contribution in [3.8, 4) is 0 Å². The van der Waals surface area contributed by atoms with Crippen LogP contribution in [0.3, 0.4) is 0 Å². The van der Waals surface area contributed by atoms with Gasteiger partial charge in [-0.05, 0) is 109 Å². The quantitative estimate of drug-likeness (QED) is 0.0205. The van der Waals surface area contributed by atoms with E-state index in [4.69, 9.17) is 13.8 Å². The van der Waals surface area contributed by atoms with Crippen molar-refractivity contribution >= 4 is 19.7 Å². The third-order valence-corrected chi connectivity index (χ3v) is 17.5. The number of nitrogens with one attached hydrogen (secondary N) is 1. The van der Waals surface area contributed by atoms with Gasteiger partial charge in [0, 0.05) is 12.8 Å². The van der Waals surface area contributed by atoms with E-state index in [1.54, 1.807) is 0 Å². The molecule has 2 N–H and O–H groups in total. The lowest BCUT2D eigenvalue weighted by Gasteiger charge is -2.27. The van der Waals surface area contributed by atoms with E-state index in [0.29, 0.717) is 17.4 Å². The van der Waals surface area contributed by atoms with Crippen LogP contribution in [0.2, 0.25) is 0 Å². The van der Waals surface area contributed by atoms with Gasteiger partial charge in [-0.3, -0.25) is 18.6 Å². The summed E-state index contributed by atoms with van der Waals surface area (Å²) in [5.74, 6) is -0.508. The van der Waals surface area contributed by atoms with Gasteiger partial charge in [-0.15, -0.1) is 0 Å². The highest BCUT2D eigenvalue weighted by Gasteiger charge is 2.30. The predicted octanol–water partition coefficient (Wildman–Crippen LogP) is 24.2. The highest BCUT2D eigenvalue weighted by molar-refractivity contribution is 7.47. The van der Waals surface area contributed by atoms with Crippen molar-refractivity contribution in [2.24, 2.45) is 0 Å². The molecule has 0 fully saturated rings. The second-order valence-electron chi connectivity index (χ2n) is 26.4. The molecule has 0 aromatic rings. The predicted molar refractivity (Wildman–Crippen MR) is 387 cm³/mol. The highest BCUT2D eigenvalue weighted by Crippen LogP contribution is 2.43. The summed E-state index contributed by atoms with van der Waals surface area (Å²) in [6, 6.07) is -0.857. The summed E-state index contributed by atoms with van der Waals surface area (Å²) in [7, 11) is 1.49. The van der Waals surface area contributed by atoms with Crippen LogP contribution in [0.1, 0.15) is 342 Å². The van der Waals surface area contributed by atoms with Crippen LogP contribution in [0.25, 0.3) is 0 Å². The van der Waals surface area contributed by atoms with E-state index in [-0.39, 0.29) is 31.5 Å². The number of hydrogen-bond donors (Lipinski definition) is 2. The van der Waals surface area contributed by atoms with E-state index in [1.165, 1.54) is 199 Å². The first-order valence-corrected chi connectivity index (χ1v) is 39.1. The Bertz CT molecular complexity index is 1840. The number of allylic oxidation sites excluding steroid dienone is 15. The van der Waals surface area contributed by atoms with Crippen molar-refractivity contribution in [2.45, 2.75) is 354 Å². The molecule has 0 aliphatic rings. The van der Waals surface area contributed by atoms with Gasteiger partial charge >= 0.3 is 13.8 Å². The number of carbonyl (C=O) groups is 2. The number of nitrogens with zero attached hydrogens (tertiary/aromatic N) is 1. The number of carbonyl (C=O) groups excluding carboxylic acids is 2. The first kappa shape index (κ1) is 85.9. The molecule has 0 saturated carbocycles. The van der Waals surface area contributed by atoms with Gasteiger partial charge in [0.25, 0.3) is 0 Å². The summed E-state index contributed by atoms with van der Waals surface area (Å²) in [5.41, 5.74) is 0. The number of phosphoric acid groups is 1. The molecule has 0 saturated heterocycles. The van der Waals surface area contributed by atoms with Gasteiger partial charge in [0.15, 0.2) is 0 Å². The molecule has 0 rings (SSSR count). The molecule has 10 heteroatoms. The maximum absolute atomic E-state index is 13.6. The zero-order valence-corrected chi connectivity index (χ0v) is 60.1. The van der Waals surface area contributed by atoms with E-state index in [9.17, 15) is 19.0 Å². The fourth-order valence-corrected chi connectivity index (χ4v) is 11.5. The third-order valence-electron chi connectivity index (χ3n) is 16.5. The molecule has 0 aromatic heterocycles. The van der Waals surface area contributed by atoms with Crippen LogP contribution in [-0.2, 0) is 27.9 Å². The maximum Gasteiger partial charge on any atom is 0.472 e. The number of rotatable bonds is 68. The van der Waals surface area contributed by atoms with Crippen molar-refractivity contribution in [3.63, 3.8) is 0 Å². The minimum atomic E-state index is -4.46. The largest absolute Gasteiger partial charge is 0.472 e. The molecule has 9 nitrogen and oxygen atoms in total. The molecule has 516 valence electrons. The summed E-state index contributed by atoms with van der Waals surface area (Å²) in [5, 5.41) is 3.07. The Morgan fingerprint density at radius 3 is 1.09 bits per heavy atom. The summed E-state index contributed by atoms with van der Waals surface area (Å²) < 4.78 is 30.9. The van der Waals surface area contributed by atoms with Crippen LogP contribution in [0.4, 0.5) is 0 Å². The molecular weight excluding hydrogens is 1120 g/mol. The molecule has 0 heterocycles. The lowest BCUT2D eigenvalue weighted by atomic mass is 10.0. The molecule has 0 aliphatic carbocycles. The fraction of sp³-hybridized carbons (Fsp3) is 0.772. The number of ether oxygens (including phenoxy) is 1. The number of amides is 1. The van der Waals surface area contributed by atoms with Crippen LogP contribution >= 0.6 is 7.82 Å². The molecule has 0 aromatic carbocycles. The van der Waals surface area contributed by atoms with E-state index in [0.717, 1.165) is 109 Å². The second kappa shape index (κ2) is 67.8. The van der Waals surface area contributed by atoms with Gasteiger partial charge in [-0.25, -0.2) is 4.57 Å². The zero-order chi connectivity index (χ0) is 64.9. The van der Waals surface area contributed by atoms with Crippen LogP contribution in [0.15, 0.2) is 97.2 Å². The number of phosphoric ester groups is 1. The Kier molecular flexibility index (Phi) is 65.5. The minimum Gasteiger partial charge on any atom is -0.456 e. The molecule has 3 atom stereocenters. The van der Waals surface area contributed by atoms with Gasteiger partial charge in [-0.2, -0.15) is 0 Å². The lowest BCUT2D eigenvalue weighted by Crippen LogP contribution is -2.47. The third kappa shape index (κ3) is 69.1. The maximum atomic E-state index is 13.6. The number of esters is 1. The van der Waals surface area contributed by atoms with E-state index >= 15 is 0 Å². The topological polar surface area (TPSA) is 111 Å². The fourth-order valence-electron chi connectivity index (χ4n) is 10.8. The van der Waals surface area contributed by atoms with E-state index in [2.05, 4.69) is 111 Å². The number of unbranched alkanes of at least 4 members (excludes halogenated alkanes) is 38. The molecule has 0 spiro atoms. The Balaban J connectivity index is 4.97. The second-order valence-corrected chi connectivity index (χ2v) is 27.9. The summed E-state index contributed by atoms with van der Waals surface area (Å²) in [4.78, 5) is 37.9. The molecule has 0 aliphatic heterocycles. The number of quaternary nitrogens is 1. The Morgan fingerprint density at radius 1 is 0.404 bits per heavy atom. The highest BCUT2D eigenvalue weighted by atomic mass is 31.2. The molecule has 89 heavy (non-hydrogen) atoms. The van der Waals surface area contributed by atoms with Crippen LogP contribution in [-0.4, -0.2) is 74.3 Å². The van der Waals surface area contributed by atoms with Crippen molar-refractivity contribution < 1.29 is 37.3 Å². The Hall–Kier alpha value is -3.07. The van der Waals surface area contributed by atoms with Crippen LogP contribution in [0.5, 0.6) is 0 Å². The summed E-state index contributed by atoms with van der Waals surface area (Å²) in [6.45, 7) is 6.92. The SMILES string of the molecule is CC/C=C\C/C=C\C/C=C\C/C=C\C/C=C\C/C=C\CCCCCCCCCCC(=O)OC(/C=C/CCCCCCCCCCC)C(COP(=O)(O)OCC[N+](C)(C)C)NC(=O)CCCCCCCCCCCCCCCCC/C=C/CCCCCCCC.